The Morgan fingerprint density at radius 2 is 1.62 bits per heavy atom. The second-order valence-electron chi connectivity index (χ2n) is 4.30. The summed E-state index contributed by atoms with van der Waals surface area (Å²) in [5.74, 6) is -0.133. The summed E-state index contributed by atoms with van der Waals surface area (Å²) in [6.07, 6.45) is 5.01. The van der Waals surface area contributed by atoms with Crippen LogP contribution in [-0.4, -0.2) is 25.7 Å². The van der Waals surface area contributed by atoms with Crippen LogP contribution < -0.4 is 9.47 Å². The van der Waals surface area contributed by atoms with Crippen LogP contribution in [0, 0.1) is 0 Å². The highest BCUT2D eigenvalue weighted by atomic mass is 16.5. The Bertz CT molecular complexity index is 476. The van der Waals surface area contributed by atoms with Crippen molar-refractivity contribution in [3.8, 4) is 11.5 Å². The summed E-state index contributed by atoms with van der Waals surface area (Å²) in [4.78, 5) is 22.8. The molecule has 0 heterocycles. The number of carbonyl (C=O) groups is 2. The van der Waals surface area contributed by atoms with Crippen molar-refractivity contribution in [1.82, 2.24) is 0 Å². The first-order valence-corrected chi connectivity index (χ1v) is 6.86. The number of benzene rings is 1. The summed E-state index contributed by atoms with van der Waals surface area (Å²) < 4.78 is 14.9. The highest BCUT2D eigenvalue weighted by Gasteiger charge is 2.03. The van der Waals surface area contributed by atoms with E-state index in [-0.39, 0.29) is 0 Å². The lowest BCUT2D eigenvalue weighted by Crippen LogP contribution is -2.07. The van der Waals surface area contributed by atoms with Gasteiger partial charge in [0.05, 0.1) is 13.7 Å². The Balaban J connectivity index is 2.34. The molecule has 0 fully saturated rings. The minimum atomic E-state index is -0.634. The Morgan fingerprint density at radius 1 is 1.00 bits per heavy atom. The molecule has 0 bridgehead atoms. The van der Waals surface area contributed by atoms with Crippen molar-refractivity contribution in [3.05, 3.63) is 36.4 Å². The number of unbranched alkanes of at least 4 members (excludes halogenated alkanes) is 2. The summed E-state index contributed by atoms with van der Waals surface area (Å²) in [5, 5.41) is 0. The second kappa shape index (κ2) is 9.58. The fourth-order valence-corrected chi connectivity index (χ4v) is 1.50. The third kappa shape index (κ3) is 7.15. The normalized spacial score (nSPS) is 10.4. The molecule has 21 heavy (non-hydrogen) atoms. The highest BCUT2D eigenvalue weighted by molar-refractivity contribution is 5.92. The zero-order valence-corrected chi connectivity index (χ0v) is 12.3. The number of esters is 2. The molecule has 1 aromatic carbocycles. The van der Waals surface area contributed by atoms with Gasteiger partial charge in [-0.3, -0.25) is 0 Å². The van der Waals surface area contributed by atoms with Crippen molar-refractivity contribution in [3.63, 3.8) is 0 Å². The quantitative estimate of drug-likeness (QED) is 0.319. The first kappa shape index (κ1) is 16.8. The van der Waals surface area contributed by atoms with E-state index in [1.54, 1.807) is 31.4 Å². The Morgan fingerprint density at radius 3 is 2.24 bits per heavy atom. The van der Waals surface area contributed by atoms with Crippen LogP contribution in [0.3, 0.4) is 0 Å². The second-order valence-corrected chi connectivity index (χ2v) is 4.30. The third-order valence-corrected chi connectivity index (χ3v) is 2.63. The number of methoxy groups -OCH3 is 1. The maximum atomic E-state index is 11.5. The van der Waals surface area contributed by atoms with Gasteiger partial charge < -0.3 is 14.2 Å². The summed E-state index contributed by atoms with van der Waals surface area (Å²) >= 11 is 0. The van der Waals surface area contributed by atoms with Crippen LogP contribution in [0.25, 0.3) is 0 Å². The molecule has 0 saturated carbocycles. The molecule has 0 saturated heterocycles. The van der Waals surface area contributed by atoms with Crippen LogP contribution in [-0.2, 0) is 14.3 Å². The van der Waals surface area contributed by atoms with Gasteiger partial charge in [0.25, 0.3) is 0 Å². The van der Waals surface area contributed by atoms with Gasteiger partial charge in [-0.05, 0) is 30.7 Å². The molecular weight excluding hydrogens is 272 g/mol. The first-order chi connectivity index (χ1) is 10.2. The van der Waals surface area contributed by atoms with E-state index >= 15 is 0 Å². The molecule has 1 rings (SSSR count). The molecule has 0 aliphatic rings. The molecule has 114 valence electrons. The largest absolute Gasteiger partial charge is 0.497 e. The fraction of sp³-hybridized carbons (Fsp3) is 0.375. The summed E-state index contributed by atoms with van der Waals surface area (Å²) in [6.45, 7) is 2.43. The van der Waals surface area contributed by atoms with E-state index < -0.39 is 11.9 Å². The topological polar surface area (TPSA) is 61.8 Å². The predicted molar refractivity (Wildman–Crippen MR) is 78.3 cm³/mol. The lowest BCUT2D eigenvalue weighted by Gasteiger charge is -2.03. The van der Waals surface area contributed by atoms with Gasteiger partial charge in [-0.15, -0.1) is 0 Å². The zero-order valence-electron chi connectivity index (χ0n) is 12.3. The molecule has 5 heteroatoms. The first-order valence-electron chi connectivity index (χ1n) is 6.86. The van der Waals surface area contributed by atoms with E-state index in [9.17, 15) is 9.59 Å². The average Bonchev–Trinajstić information content (AvgIpc) is 2.50. The summed E-state index contributed by atoms with van der Waals surface area (Å²) in [5.41, 5.74) is 0. The van der Waals surface area contributed by atoms with Crippen molar-refractivity contribution < 1.29 is 23.8 Å². The molecule has 1 aromatic rings. The van der Waals surface area contributed by atoms with Crippen LogP contribution in [0.1, 0.15) is 26.2 Å². The van der Waals surface area contributed by atoms with Gasteiger partial charge in [0.2, 0.25) is 0 Å². The van der Waals surface area contributed by atoms with Crippen molar-refractivity contribution in [2.24, 2.45) is 0 Å². The van der Waals surface area contributed by atoms with Gasteiger partial charge in [0.1, 0.15) is 11.5 Å². The smallest absolute Gasteiger partial charge is 0.336 e. The SMILES string of the molecule is CCCCCOC(=O)/C=C/C(=O)Oc1ccc(OC)cc1. The molecule has 0 amide bonds. The molecule has 0 N–H and O–H groups in total. The standard InChI is InChI=1S/C16H20O5/c1-3-4-5-12-20-15(17)10-11-16(18)21-14-8-6-13(19-2)7-9-14/h6-11H,3-5,12H2,1-2H3/b11-10+. The van der Waals surface area contributed by atoms with Crippen LogP contribution in [0.4, 0.5) is 0 Å². The zero-order chi connectivity index (χ0) is 15.5. The van der Waals surface area contributed by atoms with E-state index in [1.165, 1.54) is 0 Å². The highest BCUT2D eigenvalue weighted by Crippen LogP contribution is 2.17. The molecule has 0 spiro atoms. The van der Waals surface area contributed by atoms with Gasteiger partial charge in [-0.2, -0.15) is 0 Å². The van der Waals surface area contributed by atoms with Gasteiger partial charge in [-0.25, -0.2) is 9.59 Å². The van der Waals surface area contributed by atoms with Gasteiger partial charge in [0, 0.05) is 12.2 Å². The van der Waals surface area contributed by atoms with Crippen LogP contribution in [0.5, 0.6) is 11.5 Å². The van der Waals surface area contributed by atoms with Crippen molar-refractivity contribution in [1.29, 1.82) is 0 Å². The Kier molecular flexibility index (Phi) is 7.64. The van der Waals surface area contributed by atoms with Crippen LogP contribution in [0.2, 0.25) is 0 Å². The number of hydrogen-bond acceptors (Lipinski definition) is 5. The monoisotopic (exact) mass is 292 g/mol. The van der Waals surface area contributed by atoms with Crippen LogP contribution >= 0.6 is 0 Å². The number of ether oxygens (including phenoxy) is 3. The minimum absolute atomic E-state index is 0.366. The summed E-state index contributed by atoms with van der Waals surface area (Å²) in [6, 6.07) is 6.56. The van der Waals surface area contributed by atoms with Crippen LogP contribution in [0.15, 0.2) is 36.4 Å². The predicted octanol–water partition coefficient (Wildman–Crippen LogP) is 2.89. The number of carbonyl (C=O) groups excluding carboxylic acids is 2. The van der Waals surface area contributed by atoms with E-state index in [0.29, 0.717) is 18.1 Å². The fourth-order valence-electron chi connectivity index (χ4n) is 1.50. The third-order valence-electron chi connectivity index (χ3n) is 2.63. The Labute approximate surface area is 124 Å². The van der Waals surface area contributed by atoms with Crippen molar-refractivity contribution in [2.75, 3.05) is 13.7 Å². The lowest BCUT2D eigenvalue weighted by molar-refractivity contribution is -0.138. The number of hydrogen-bond donors (Lipinski definition) is 0. The van der Waals surface area contributed by atoms with Gasteiger partial charge in [0.15, 0.2) is 0 Å². The summed E-state index contributed by atoms with van der Waals surface area (Å²) in [7, 11) is 1.55. The minimum Gasteiger partial charge on any atom is -0.497 e. The maximum Gasteiger partial charge on any atom is 0.336 e. The number of rotatable bonds is 8. The molecule has 5 nitrogen and oxygen atoms in total. The van der Waals surface area contributed by atoms with Gasteiger partial charge >= 0.3 is 11.9 Å². The van der Waals surface area contributed by atoms with Crippen molar-refractivity contribution >= 4 is 11.9 Å². The Hall–Kier alpha value is -2.30. The lowest BCUT2D eigenvalue weighted by atomic mass is 10.3. The van der Waals surface area contributed by atoms with E-state index in [2.05, 4.69) is 6.92 Å². The molecule has 0 radical (unpaired) electrons. The molecule has 0 atom stereocenters. The average molecular weight is 292 g/mol. The van der Waals surface area contributed by atoms with E-state index in [1.807, 2.05) is 0 Å². The van der Waals surface area contributed by atoms with E-state index in [0.717, 1.165) is 31.4 Å². The van der Waals surface area contributed by atoms with E-state index in [4.69, 9.17) is 14.2 Å². The van der Waals surface area contributed by atoms with Gasteiger partial charge in [-0.1, -0.05) is 19.8 Å². The maximum absolute atomic E-state index is 11.5. The molecule has 0 unspecified atom stereocenters. The molecular formula is C16H20O5. The molecule has 0 aliphatic heterocycles. The molecule has 0 aliphatic carbocycles. The molecule has 0 aromatic heterocycles. The van der Waals surface area contributed by atoms with Crippen molar-refractivity contribution in [2.45, 2.75) is 26.2 Å².